The fraction of sp³-hybridized carbons (Fsp3) is 0.429. The number of likely N-dealkylation sites (N-methyl/N-ethyl adjacent to an activating group) is 1. The molecule has 1 aliphatic heterocycles. The zero-order chi connectivity index (χ0) is 14.1. The van der Waals surface area contributed by atoms with Crippen LogP contribution in [0.3, 0.4) is 0 Å². The molecule has 1 aromatic heterocycles. The van der Waals surface area contributed by atoms with E-state index in [1.165, 1.54) is 0 Å². The van der Waals surface area contributed by atoms with Crippen molar-refractivity contribution in [3.63, 3.8) is 0 Å². The Balaban J connectivity index is 2.00. The molecule has 1 saturated heterocycles. The summed E-state index contributed by atoms with van der Waals surface area (Å²) >= 11 is 0. The van der Waals surface area contributed by atoms with Gasteiger partial charge in [-0.05, 0) is 18.7 Å². The second-order valence-corrected chi connectivity index (χ2v) is 5.06. The zero-order valence-electron chi connectivity index (χ0n) is 11.7. The molecule has 106 valence electrons. The molecule has 6 nitrogen and oxygen atoms in total. The van der Waals surface area contributed by atoms with E-state index in [1.54, 1.807) is 0 Å². The number of benzene rings is 1. The molecule has 1 aromatic carbocycles. The van der Waals surface area contributed by atoms with E-state index in [1.807, 2.05) is 12.1 Å². The summed E-state index contributed by atoms with van der Waals surface area (Å²) in [6.45, 7) is 7.44. The van der Waals surface area contributed by atoms with Crippen LogP contribution in [0.5, 0.6) is 0 Å². The molecule has 1 aliphatic rings. The molecule has 0 spiro atoms. The van der Waals surface area contributed by atoms with Gasteiger partial charge in [0, 0.05) is 31.9 Å². The van der Waals surface area contributed by atoms with Crippen molar-refractivity contribution in [1.82, 2.24) is 14.9 Å². The molecule has 2 heterocycles. The maximum atomic E-state index is 6.05. The second kappa shape index (κ2) is 5.13. The van der Waals surface area contributed by atoms with Gasteiger partial charge in [-0.25, -0.2) is 4.98 Å². The Morgan fingerprint density at radius 2 is 1.85 bits per heavy atom. The molecule has 0 saturated carbocycles. The van der Waals surface area contributed by atoms with E-state index in [0.29, 0.717) is 5.82 Å². The van der Waals surface area contributed by atoms with E-state index in [4.69, 9.17) is 11.5 Å². The van der Waals surface area contributed by atoms with Crippen LogP contribution in [-0.4, -0.2) is 47.6 Å². The van der Waals surface area contributed by atoms with Crippen LogP contribution in [-0.2, 0) is 0 Å². The number of hydrogen-bond donors (Lipinski definition) is 2. The molecule has 4 N–H and O–H groups in total. The van der Waals surface area contributed by atoms with Crippen LogP contribution in [0, 0.1) is 0 Å². The summed E-state index contributed by atoms with van der Waals surface area (Å²) in [6.07, 6.45) is 0. The molecule has 0 bridgehead atoms. The minimum absolute atomic E-state index is 0.225. The van der Waals surface area contributed by atoms with Crippen LogP contribution < -0.4 is 16.4 Å². The summed E-state index contributed by atoms with van der Waals surface area (Å²) in [4.78, 5) is 13.2. The fourth-order valence-electron chi connectivity index (χ4n) is 2.78. The van der Waals surface area contributed by atoms with Gasteiger partial charge in [0.15, 0.2) is 0 Å². The highest BCUT2D eigenvalue weighted by molar-refractivity contribution is 5.99. The second-order valence-electron chi connectivity index (χ2n) is 5.06. The average molecular weight is 272 g/mol. The average Bonchev–Trinajstić information content (AvgIpc) is 2.46. The highest BCUT2D eigenvalue weighted by Crippen LogP contribution is 2.30. The molecular weight excluding hydrogens is 252 g/mol. The van der Waals surface area contributed by atoms with Crippen LogP contribution in [0.25, 0.3) is 10.9 Å². The lowest BCUT2D eigenvalue weighted by atomic mass is 10.1. The summed E-state index contributed by atoms with van der Waals surface area (Å²) in [5, 5.41) is 0.909. The van der Waals surface area contributed by atoms with Gasteiger partial charge in [0.05, 0.1) is 10.9 Å². The number of nitrogen functional groups attached to an aromatic ring is 2. The predicted molar refractivity (Wildman–Crippen MR) is 82.7 cm³/mol. The van der Waals surface area contributed by atoms with E-state index in [9.17, 15) is 0 Å². The maximum Gasteiger partial charge on any atom is 0.222 e. The predicted octanol–water partition coefficient (Wildman–Crippen LogP) is 0.936. The number of fused-ring (bicyclic) bond motifs is 1. The van der Waals surface area contributed by atoms with Crippen molar-refractivity contribution < 1.29 is 0 Å². The van der Waals surface area contributed by atoms with Crippen LogP contribution in [0.2, 0.25) is 0 Å². The van der Waals surface area contributed by atoms with E-state index in [0.717, 1.165) is 49.3 Å². The van der Waals surface area contributed by atoms with E-state index >= 15 is 0 Å². The molecule has 0 aliphatic carbocycles. The van der Waals surface area contributed by atoms with Gasteiger partial charge in [0.2, 0.25) is 5.95 Å². The largest absolute Gasteiger partial charge is 0.383 e. The summed E-state index contributed by atoms with van der Waals surface area (Å²) < 4.78 is 0. The lowest BCUT2D eigenvalue weighted by Crippen LogP contribution is -2.46. The SMILES string of the molecule is CCN1CCN(c2cccc3nc(N)nc(N)c23)CC1. The first-order valence-electron chi connectivity index (χ1n) is 6.98. The van der Waals surface area contributed by atoms with Gasteiger partial charge in [-0.1, -0.05) is 13.0 Å². The fourth-order valence-corrected chi connectivity index (χ4v) is 2.78. The van der Waals surface area contributed by atoms with Crippen molar-refractivity contribution in [1.29, 1.82) is 0 Å². The first kappa shape index (κ1) is 12.9. The third-order valence-corrected chi connectivity index (χ3v) is 3.91. The Labute approximate surface area is 118 Å². The van der Waals surface area contributed by atoms with E-state index in [2.05, 4.69) is 32.8 Å². The van der Waals surface area contributed by atoms with Crippen LogP contribution >= 0.6 is 0 Å². The highest BCUT2D eigenvalue weighted by atomic mass is 15.3. The minimum Gasteiger partial charge on any atom is -0.383 e. The van der Waals surface area contributed by atoms with Gasteiger partial charge >= 0.3 is 0 Å². The lowest BCUT2D eigenvalue weighted by Gasteiger charge is -2.36. The molecule has 0 unspecified atom stereocenters. The van der Waals surface area contributed by atoms with Crippen molar-refractivity contribution >= 4 is 28.4 Å². The van der Waals surface area contributed by atoms with E-state index in [-0.39, 0.29) is 5.95 Å². The lowest BCUT2D eigenvalue weighted by molar-refractivity contribution is 0.271. The maximum absolute atomic E-state index is 6.05. The van der Waals surface area contributed by atoms with Gasteiger partial charge in [-0.15, -0.1) is 0 Å². The van der Waals surface area contributed by atoms with Gasteiger partial charge in [0.25, 0.3) is 0 Å². The number of nitrogens with zero attached hydrogens (tertiary/aromatic N) is 4. The first-order valence-corrected chi connectivity index (χ1v) is 6.98. The molecule has 0 radical (unpaired) electrons. The molecule has 0 amide bonds. The standard InChI is InChI=1S/C14H20N6/c1-2-19-6-8-20(9-7-19)11-5-3-4-10-12(11)13(15)18-14(16)17-10/h3-5H,2,6-9H2,1H3,(H4,15,16,17,18). The Bertz CT molecular complexity index is 618. The number of anilines is 3. The van der Waals surface area contributed by atoms with Crippen molar-refractivity contribution in [2.45, 2.75) is 6.92 Å². The van der Waals surface area contributed by atoms with Gasteiger partial charge < -0.3 is 21.3 Å². The van der Waals surface area contributed by atoms with Crippen LogP contribution in [0.1, 0.15) is 6.92 Å². The molecular formula is C14H20N6. The van der Waals surface area contributed by atoms with Gasteiger partial charge in [0.1, 0.15) is 5.82 Å². The van der Waals surface area contributed by atoms with Gasteiger partial charge in [-0.3, -0.25) is 0 Å². The zero-order valence-corrected chi connectivity index (χ0v) is 11.7. The number of nitrogens with two attached hydrogens (primary N) is 2. The van der Waals surface area contributed by atoms with Crippen molar-refractivity contribution in [2.75, 3.05) is 49.1 Å². The Kier molecular flexibility index (Phi) is 3.31. The Morgan fingerprint density at radius 3 is 2.55 bits per heavy atom. The van der Waals surface area contributed by atoms with E-state index < -0.39 is 0 Å². The summed E-state index contributed by atoms with van der Waals surface area (Å²) in [7, 11) is 0. The highest BCUT2D eigenvalue weighted by Gasteiger charge is 2.19. The Hall–Kier alpha value is -2.08. The van der Waals surface area contributed by atoms with Crippen LogP contribution in [0.4, 0.5) is 17.5 Å². The molecule has 6 heteroatoms. The third kappa shape index (κ3) is 2.22. The molecule has 3 rings (SSSR count). The first-order chi connectivity index (χ1) is 9.69. The third-order valence-electron chi connectivity index (χ3n) is 3.91. The molecule has 0 atom stereocenters. The molecule has 2 aromatic rings. The van der Waals surface area contributed by atoms with Crippen molar-refractivity contribution in [3.05, 3.63) is 18.2 Å². The monoisotopic (exact) mass is 272 g/mol. The normalized spacial score (nSPS) is 16.8. The minimum atomic E-state index is 0.225. The van der Waals surface area contributed by atoms with Crippen molar-refractivity contribution in [3.8, 4) is 0 Å². The van der Waals surface area contributed by atoms with Gasteiger partial charge in [-0.2, -0.15) is 4.98 Å². The smallest absolute Gasteiger partial charge is 0.222 e. The molecule has 1 fully saturated rings. The summed E-state index contributed by atoms with van der Waals surface area (Å²) in [6, 6.07) is 6.01. The summed E-state index contributed by atoms with van der Waals surface area (Å²) in [5.41, 5.74) is 13.6. The molecule has 20 heavy (non-hydrogen) atoms. The van der Waals surface area contributed by atoms with Crippen LogP contribution in [0.15, 0.2) is 18.2 Å². The number of aromatic nitrogens is 2. The number of piperazine rings is 1. The topological polar surface area (TPSA) is 84.3 Å². The Morgan fingerprint density at radius 1 is 1.10 bits per heavy atom. The quantitative estimate of drug-likeness (QED) is 0.846. The summed E-state index contributed by atoms with van der Waals surface area (Å²) in [5.74, 6) is 0.684. The number of hydrogen-bond acceptors (Lipinski definition) is 6. The van der Waals surface area contributed by atoms with Crippen molar-refractivity contribution in [2.24, 2.45) is 0 Å². The number of rotatable bonds is 2.